The van der Waals surface area contributed by atoms with E-state index >= 15 is 0 Å². The van der Waals surface area contributed by atoms with Crippen LogP contribution in [0.2, 0.25) is 0 Å². The molecular formula is C15H32N2O2. The maximum absolute atomic E-state index is 12.1. The van der Waals surface area contributed by atoms with Gasteiger partial charge >= 0.3 is 5.97 Å². The molecule has 0 aromatic rings. The lowest BCUT2D eigenvalue weighted by molar-refractivity contribution is -0.151. The third-order valence-corrected chi connectivity index (χ3v) is 3.41. The Morgan fingerprint density at radius 2 is 1.84 bits per heavy atom. The van der Waals surface area contributed by atoms with Gasteiger partial charge in [0.1, 0.15) is 5.54 Å². The van der Waals surface area contributed by atoms with Crippen LogP contribution in [-0.4, -0.2) is 49.2 Å². The van der Waals surface area contributed by atoms with Crippen molar-refractivity contribution in [2.24, 2.45) is 0 Å². The van der Waals surface area contributed by atoms with Crippen LogP contribution in [0.25, 0.3) is 0 Å². The molecule has 0 saturated carbocycles. The molecule has 19 heavy (non-hydrogen) atoms. The average molecular weight is 272 g/mol. The summed E-state index contributed by atoms with van der Waals surface area (Å²) in [5.41, 5.74) is -0.562. The van der Waals surface area contributed by atoms with Crippen molar-refractivity contribution >= 4 is 5.97 Å². The largest absolute Gasteiger partial charge is 0.465 e. The summed E-state index contributed by atoms with van der Waals surface area (Å²) in [6, 6.07) is 0. The fourth-order valence-electron chi connectivity index (χ4n) is 2.08. The molecule has 1 unspecified atom stereocenters. The van der Waals surface area contributed by atoms with Gasteiger partial charge in [0.15, 0.2) is 0 Å². The Morgan fingerprint density at radius 3 is 2.32 bits per heavy atom. The molecule has 0 saturated heterocycles. The molecule has 0 bridgehead atoms. The number of hydrogen-bond donors (Lipinski definition) is 1. The van der Waals surface area contributed by atoms with E-state index in [4.69, 9.17) is 4.74 Å². The van der Waals surface area contributed by atoms with Gasteiger partial charge in [0.05, 0.1) is 6.61 Å². The molecule has 0 heterocycles. The molecule has 0 spiro atoms. The van der Waals surface area contributed by atoms with Crippen LogP contribution in [0.1, 0.15) is 53.9 Å². The molecule has 0 radical (unpaired) electrons. The Balaban J connectivity index is 4.51. The minimum Gasteiger partial charge on any atom is -0.465 e. The number of esters is 1. The van der Waals surface area contributed by atoms with Crippen LogP contribution in [0.3, 0.4) is 0 Å². The lowest BCUT2D eigenvalue weighted by Crippen LogP contribution is -2.52. The van der Waals surface area contributed by atoms with E-state index in [0.717, 1.165) is 45.4 Å². The van der Waals surface area contributed by atoms with Crippen molar-refractivity contribution < 1.29 is 9.53 Å². The SMILES string of the molecule is CCCNC(C)(CCN(CC)CCC)C(=O)OCC. The predicted octanol–water partition coefficient (Wildman–Crippen LogP) is 2.43. The second kappa shape index (κ2) is 10.2. The van der Waals surface area contributed by atoms with Crippen molar-refractivity contribution in [3.63, 3.8) is 0 Å². The molecular weight excluding hydrogens is 240 g/mol. The third-order valence-electron chi connectivity index (χ3n) is 3.41. The van der Waals surface area contributed by atoms with E-state index in [1.165, 1.54) is 0 Å². The zero-order valence-corrected chi connectivity index (χ0v) is 13.4. The van der Waals surface area contributed by atoms with Gasteiger partial charge in [0, 0.05) is 6.54 Å². The fourth-order valence-corrected chi connectivity index (χ4v) is 2.08. The normalized spacial score (nSPS) is 14.4. The van der Waals surface area contributed by atoms with E-state index in [9.17, 15) is 4.79 Å². The van der Waals surface area contributed by atoms with Crippen LogP contribution in [0.4, 0.5) is 0 Å². The number of hydrogen-bond acceptors (Lipinski definition) is 4. The molecule has 4 nitrogen and oxygen atoms in total. The van der Waals surface area contributed by atoms with Crippen molar-refractivity contribution in [3.05, 3.63) is 0 Å². The van der Waals surface area contributed by atoms with E-state index in [2.05, 4.69) is 31.0 Å². The number of nitrogens with zero attached hydrogens (tertiary/aromatic N) is 1. The van der Waals surface area contributed by atoms with E-state index < -0.39 is 5.54 Å². The number of carbonyl (C=O) groups excluding carboxylic acids is 1. The van der Waals surface area contributed by atoms with Gasteiger partial charge in [-0.2, -0.15) is 0 Å². The second-order valence-corrected chi connectivity index (χ2v) is 5.16. The average Bonchev–Trinajstić information content (AvgIpc) is 2.41. The molecule has 4 heteroatoms. The molecule has 0 aromatic carbocycles. The summed E-state index contributed by atoms with van der Waals surface area (Å²) in [6.07, 6.45) is 2.95. The maximum Gasteiger partial charge on any atom is 0.326 e. The molecule has 1 N–H and O–H groups in total. The van der Waals surface area contributed by atoms with Crippen molar-refractivity contribution in [3.8, 4) is 0 Å². The monoisotopic (exact) mass is 272 g/mol. The van der Waals surface area contributed by atoms with Gasteiger partial charge < -0.3 is 15.0 Å². The van der Waals surface area contributed by atoms with E-state index in [1.807, 2.05) is 13.8 Å². The van der Waals surface area contributed by atoms with Gasteiger partial charge in [0.2, 0.25) is 0 Å². The molecule has 0 amide bonds. The fraction of sp³-hybridized carbons (Fsp3) is 0.933. The van der Waals surface area contributed by atoms with Crippen LogP contribution < -0.4 is 5.32 Å². The first-order valence-electron chi connectivity index (χ1n) is 7.68. The lowest BCUT2D eigenvalue weighted by atomic mass is 9.97. The first-order chi connectivity index (χ1) is 9.03. The standard InChI is InChI=1S/C15H32N2O2/c1-6-11-16-15(5,14(18)19-9-4)10-13-17(8-3)12-7-2/h16H,6-13H2,1-5H3. The lowest BCUT2D eigenvalue weighted by Gasteiger charge is -2.31. The summed E-state index contributed by atoms with van der Waals surface area (Å²) in [5, 5.41) is 3.35. The zero-order valence-electron chi connectivity index (χ0n) is 13.4. The second-order valence-electron chi connectivity index (χ2n) is 5.16. The van der Waals surface area contributed by atoms with Crippen LogP contribution in [0, 0.1) is 0 Å². The van der Waals surface area contributed by atoms with Gasteiger partial charge in [-0.15, -0.1) is 0 Å². The van der Waals surface area contributed by atoms with E-state index in [0.29, 0.717) is 6.61 Å². The van der Waals surface area contributed by atoms with Crippen LogP contribution in [0.5, 0.6) is 0 Å². The Morgan fingerprint density at radius 1 is 1.16 bits per heavy atom. The van der Waals surface area contributed by atoms with Gasteiger partial charge in [-0.3, -0.25) is 4.79 Å². The number of nitrogens with one attached hydrogen (secondary N) is 1. The van der Waals surface area contributed by atoms with Crippen molar-refractivity contribution in [1.82, 2.24) is 10.2 Å². The Bertz CT molecular complexity index is 246. The van der Waals surface area contributed by atoms with Gasteiger partial charge in [-0.25, -0.2) is 0 Å². The highest BCUT2D eigenvalue weighted by Gasteiger charge is 2.33. The van der Waals surface area contributed by atoms with Crippen molar-refractivity contribution in [2.75, 3.05) is 32.8 Å². The highest BCUT2D eigenvalue weighted by Crippen LogP contribution is 2.14. The highest BCUT2D eigenvalue weighted by molar-refractivity contribution is 5.80. The number of ether oxygens (including phenoxy) is 1. The molecule has 0 aliphatic heterocycles. The smallest absolute Gasteiger partial charge is 0.326 e. The maximum atomic E-state index is 12.1. The number of carbonyl (C=O) groups is 1. The minimum absolute atomic E-state index is 0.129. The van der Waals surface area contributed by atoms with E-state index in [-0.39, 0.29) is 5.97 Å². The quantitative estimate of drug-likeness (QED) is 0.587. The Kier molecular flexibility index (Phi) is 9.88. The van der Waals surface area contributed by atoms with Crippen LogP contribution in [0.15, 0.2) is 0 Å². The topological polar surface area (TPSA) is 41.6 Å². The molecule has 114 valence electrons. The van der Waals surface area contributed by atoms with Gasteiger partial charge in [-0.05, 0) is 52.7 Å². The Hall–Kier alpha value is -0.610. The summed E-state index contributed by atoms with van der Waals surface area (Å²) in [7, 11) is 0. The minimum atomic E-state index is -0.562. The van der Waals surface area contributed by atoms with Gasteiger partial charge in [-0.1, -0.05) is 20.8 Å². The van der Waals surface area contributed by atoms with Crippen molar-refractivity contribution in [2.45, 2.75) is 59.4 Å². The van der Waals surface area contributed by atoms with Crippen LogP contribution in [-0.2, 0) is 9.53 Å². The molecule has 0 aromatic heterocycles. The summed E-state index contributed by atoms with van der Waals surface area (Å²) in [6.45, 7) is 14.6. The van der Waals surface area contributed by atoms with Crippen molar-refractivity contribution in [1.29, 1.82) is 0 Å². The summed E-state index contributed by atoms with van der Waals surface area (Å²) in [5.74, 6) is -0.129. The molecule has 0 aliphatic rings. The summed E-state index contributed by atoms with van der Waals surface area (Å²) in [4.78, 5) is 14.5. The molecule has 0 rings (SSSR count). The Labute approximate surface area is 118 Å². The highest BCUT2D eigenvalue weighted by atomic mass is 16.5. The third kappa shape index (κ3) is 6.92. The summed E-state index contributed by atoms with van der Waals surface area (Å²) >= 11 is 0. The molecule has 1 atom stereocenters. The molecule has 0 fully saturated rings. The first-order valence-corrected chi connectivity index (χ1v) is 7.68. The number of rotatable bonds is 11. The van der Waals surface area contributed by atoms with Gasteiger partial charge in [0.25, 0.3) is 0 Å². The van der Waals surface area contributed by atoms with E-state index in [1.54, 1.807) is 0 Å². The first kappa shape index (κ1) is 18.4. The predicted molar refractivity (Wildman–Crippen MR) is 80.4 cm³/mol. The zero-order chi connectivity index (χ0) is 14.7. The molecule has 0 aliphatic carbocycles. The summed E-state index contributed by atoms with van der Waals surface area (Å²) < 4.78 is 5.21. The van der Waals surface area contributed by atoms with Crippen LogP contribution >= 0.6 is 0 Å².